The molecule has 0 aromatic carbocycles. The Bertz CT molecular complexity index is 311. The first-order valence-corrected chi connectivity index (χ1v) is 4.82. The first-order valence-electron chi connectivity index (χ1n) is 4.82. The third-order valence-corrected chi connectivity index (χ3v) is 1.87. The van der Waals surface area contributed by atoms with E-state index in [1.54, 1.807) is 18.3 Å². The summed E-state index contributed by atoms with van der Waals surface area (Å²) >= 11 is 0. The summed E-state index contributed by atoms with van der Waals surface area (Å²) in [7, 11) is 0. The molecule has 1 rings (SSSR count). The van der Waals surface area contributed by atoms with Crippen molar-refractivity contribution in [2.45, 2.75) is 25.6 Å². The van der Waals surface area contributed by atoms with Crippen LogP contribution in [0.1, 0.15) is 18.4 Å². The van der Waals surface area contributed by atoms with E-state index in [1.165, 1.54) is 0 Å². The van der Waals surface area contributed by atoms with E-state index in [0.29, 0.717) is 5.82 Å². The van der Waals surface area contributed by atoms with Gasteiger partial charge in [-0.15, -0.1) is 0 Å². The number of nitrogens with two attached hydrogens (primary N) is 1. The summed E-state index contributed by atoms with van der Waals surface area (Å²) in [5, 5.41) is 0. The van der Waals surface area contributed by atoms with Crippen molar-refractivity contribution < 1.29 is 17.9 Å². The molecule has 0 unspecified atom stereocenters. The minimum Gasteiger partial charge on any atom is -0.384 e. The fraction of sp³-hybridized carbons (Fsp3) is 0.500. The second-order valence-electron chi connectivity index (χ2n) is 3.36. The van der Waals surface area contributed by atoms with E-state index >= 15 is 0 Å². The monoisotopic (exact) mass is 234 g/mol. The van der Waals surface area contributed by atoms with Gasteiger partial charge >= 0.3 is 6.18 Å². The van der Waals surface area contributed by atoms with Crippen LogP contribution in [0.15, 0.2) is 18.3 Å². The van der Waals surface area contributed by atoms with Crippen LogP contribution in [0.25, 0.3) is 0 Å². The minimum absolute atomic E-state index is 0.0219. The molecule has 1 heterocycles. The maximum absolute atomic E-state index is 11.8. The predicted molar refractivity (Wildman–Crippen MR) is 53.6 cm³/mol. The Morgan fingerprint density at radius 3 is 2.62 bits per heavy atom. The largest absolute Gasteiger partial charge is 0.389 e. The van der Waals surface area contributed by atoms with Crippen molar-refractivity contribution in [3.05, 3.63) is 23.9 Å². The van der Waals surface area contributed by atoms with Crippen LogP contribution in [0.5, 0.6) is 0 Å². The van der Waals surface area contributed by atoms with Gasteiger partial charge in [-0.1, -0.05) is 6.07 Å². The topological polar surface area (TPSA) is 48.1 Å². The maximum Gasteiger partial charge on any atom is 0.389 e. The number of pyridine rings is 1. The highest BCUT2D eigenvalue weighted by Gasteiger charge is 2.25. The first-order chi connectivity index (χ1) is 7.47. The SMILES string of the molecule is Nc1ccc(COCCCC(F)(F)F)cn1. The molecular formula is C10H13F3N2O. The summed E-state index contributed by atoms with van der Waals surface area (Å²) in [4.78, 5) is 3.84. The lowest BCUT2D eigenvalue weighted by Gasteiger charge is -2.06. The van der Waals surface area contributed by atoms with Gasteiger partial charge in [0.1, 0.15) is 5.82 Å². The average molecular weight is 234 g/mol. The summed E-state index contributed by atoms with van der Waals surface area (Å²) < 4.78 is 40.4. The third-order valence-electron chi connectivity index (χ3n) is 1.87. The van der Waals surface area contributed by atoms with Gasteiger partial charge < -0.3 is 10.5 Å². The molecule has 1 aromatic heterocycles. The number of halogens is 3. The van der Waals surface area contributed by atoms with Crippen molar-refractivity contribution in [3.63, 3.8) is 0 Å². The molecule has 1 aromatic rings. The zero-order valence-electron chi connectivity index (χ0n) is 8.63. The quantitative estimate of drug-likeness (QED) is 0.796. The number of alkyl halides is 3. The van der Waals surface area contributed by atoms with E-state index in [-0.39, 0.29) is 19.6 Å². The van der Waals surface area contributed by atoms with Crippen LogP contribution in [0, 0.1) is 0 Å². The average Bonchev–Trinajstić information content (AvgIpc) is 2.19. The fourth-order valence-electron chi connectivity index (χ4n) is 1.09. The summed E-state index contributed by atoms with van der Waals surface area (Å²) in [6.45, 7) is 0.342. The van der Waals surface area contributed by atoms with Crippen LogP contribution in [0.3, 0.4) is 0 Å². The van der Waals surface area contributed by atoms with Gasteiger partial charge in [-0.3, -0.25) is 0 Å². The summed E-state index contributed by atoms with van der Waals surface area (Å²) in [6.07, 6.45) is -3.40. The highest BCUT2D eigenvalue weighted by molar-refractivity contribution is 5.28. The zero-order chi connectivity index (χ0) is 12.0. The molecule has 0 bridgehead atoms. The van der Waals surface area contributed by atoms with Gasteiger partial charge in [0.15, 0.2) is 0 Å². The van der Waals surface area contributed by atoms with Gasteiger partial charge in [-0.25, -0.2) is 4.98 Å². The first kappa shape index (κ1) is 12.8. The fourth-order valence-corrected chi connectivity index (χ4v) is 1.09. The van der Waals surface area contributed by atoms with Gasteiger partial charge in [0.05, 0.1) is 6.61 Å². The van der Waals surface area contributed by atoms with Gasteiger partial charge in [0.25, 0.3) is 0 Å². The molecule has 0 radical (unpaired) electrons. The summed E-state index contributed by atoms with van der Waals surface area (Å²) in [5.41, 5.74) is 6.17. The number of hydrogen-bond donors (Lipinski definition) is 1. The number of ether oxygens (including phenoxy) is 1. The number of anilines is 1. The molecule has 0 amide bonds. The van der Waals surface area contributed by atoms with E-state index in [4.69, 9.17) is 10.5 Å². The molecule has 3 nitrogen and oxygen atoms in total. The molecule has 90 valence electrons. The molecule has 0 saturated carbocycles. The van der Waals surface area contributed by atoms with Gasteiger partial charge in [0, 0.05) is 19.2 Å². The Morgan fingerprint density at radius 1 is 1.31 bits per heavy atom. The van der Waals surface area contributed by atoms with Gasteiger partial charge in [-0.2, -0.15) is 13.2 Å². The molecule has 0 aliphatic rings. The van der Waals surface area contributed by atoms with E-state index < -0.39 is 12.6 Å². The Hall–Kier alpha value is -1.30. The molecule has 0 aliphatic heterocycles. The molecule has 0 spiro atoms. The van der Waals surface area contributed by atoms with Crippen molar-refractivity contribution in [1.29, 1.82) is 0 Å². The smallest absolute Gasteiger partial charge is 0.384 e. The molecule has 0 atom stereocenters. The molecule has 0 fully saturated rings. The lowest BCUT2D eigenvalue weighted by atomic mass is 10.3. The predicted octanol–water partition coefficient (Wildman–Crippen LogP) is 2.52. The van der Waals surface area contributed by atoms with Crippen LogP contribution in [0.4, 0.5) is 19.0 Å². The van der Waals surface area contributed by atoms with E-state index in [2.05, 4.69) is 4.98 Å². The molecule has 0 saturated heterocycles. The lowest BCUT2D eigenvalue weighted by molar-refractivity contribution is -0.138. The van der Waals surface area contributed by atoms with Crippen LogP contribution in [-0.4, -0.2) is 17.8 Å². The van der Waals surface area contributed by atoms with Crippen molar-refractivity contribution in [1.82, 2.24) is 4.98 Å². The van der Waals surface area contributed by atoms with Crippen molar-refractivity contribution in [3.8, 4) is 0 Å². The number of aromatic nitrogens is 1. The van der Waals surface area contributed by atoms with E-state index in [9.17, 15) is 13.2 Å². The third kappa shape index (κ3) is 5.55. The standard InChI is InChI=1S/C10H13F3N2O/c11-10(12,13)4-1-5-16-7-8-2-3-9(14)15-6-8/h2-3,6H,1,4-5,7H2,(H2,14,15). The van der Waals surface area contributed by atoms with Crippen LogP contribution in [-0.2, 0) is 11.3 Å². The summed E-state index contributed by atoms with van der Waals surface area (Å²) in [5.74, 6) is 0.404. The second kappa shape index (κ2) is 5.69. The number of rotatable bonds is 5. The second-order valence-corrected chi connectivity index (χ2v) is 3.36. The minimum atomic E-state index is -4.11. The van der Waals surface area contributed by atoms with Crippen LogP contribution in [0.2, 0.25) is 0 Å². The lowest BCUT2D eigenvalue weighted by Crippen LogP contribution is -2.08. The number of nitrogens with zero attached hydrogens (tertiary/aromatic N) is 1. The van der Waals surface area contributed by atoms with Gasteiger partial charge in [0.2, 0.25) is 0 Å². The maximum atomic E-state index is 11.8. The number of nitrogen functional groups attached to an aromatic ring is 1. The molecule has 16 heavy (non-hydrogen) atoms. The van der Waals surface area contributed by atoms with Crippen LogP contribution >= 0.6 is 0 Å². The van der Waals surface area contributed by atoms with Gasteiger partial charge in [-0.05, 0) is 18.1 Å². The van der Waals surface area contributed by atoms with E-state index in [0.717, 1.165) is 5.56 Å². The highest BCUT2D eigenvalue weighted by Crippen LogP contribution is 2.21. The normalized spacial score (nSPS) is 11.7. The molecular weight excluding hydrogens is 221 g/mol. The van der Waals surface area contributed by atoms with Crippen molar-refractivity contribution in [2.75, 3.05) is 12.3 Å². The molecule has 2 N–H and O–H groups in total. The Balaban J connectivity index is 2.14. The Kier molecular flexibility index (Phi) is 4.54. The summed E-state index contributed by atoms with van der Waals surface area (Å²) in [6, 6.07) is 3.35. The Labute approximate surface area is 91.4 Å². The molecule has 6 heteroatoms. The highest BCUT2D eigenvalue weighted by atomic mass is 19.4. The Morgan fingerprint density at radius 2 is 2.06 bits per heavy atom. The number of hydrogen-bond acceptors (Lipinski definition) is 3. The van der Waals surface area contributed by atoms with Crippen molar-refractivity contribution >= 4 is 5.82 Å². The van der Waals surface area contributed by atoms with Crippen molar-refractivity contribution in [2.24, 2.45) is 0 Å². The van der Waals surface area contributed by atoms with Crippen LogP contribution < -0.4 is 5.73 Å². The molecule has 0 aliphatic carbocycles. The zero-order valence-corrected chi connectivity index (χ0v) is 8.63. The van der Waals surface area contributed by atoms with E-state index in [1.807, 2.05) is 0 Å².